The molecule has 13 heavy (non-hydrogen) atoms. The molecule has 72 valence electrons. The summed E-state index contributed by atoms with van der Waals surface area (Å²) in [6.07, 6.45) is 2.63. The van der Waals surface area contributed by atoms with Gasteiger partial charge in [-0.3, -0.25) is 0 Å². The molecule has 0 bridgehead atoms. The Bertz CT molecular complexity index is 303. The molecule has 1 aliphatic rings. The molecule has 0 amide bonds. The van der Waals surface area contributed by atoms with Gasteiger partial charge < -0.3 is 5.11 Å². The van der Waals surface area contributed by atoms with Gasteiger partial charge in [0.1, 0.15) is 0 Å². The van der Waals surface area contributed by atoms with Gasteiger partial charge in [-0.05, 0) is 25.0 Å². The number of nitrogens with zero attached hydrogens (tertiary/aromatic N) is 4. The zero-order chi connectivity index (χ0) is 9.47. The first-order valence-corrected chi connectivity index (χ1v) is 4.53. The quantitative estimate of drug-likeness (QED) is 0.709. The molecule has 5 nitrogen and oxygen atoms in total. The summed E-state index contributed by atoms with van der Waals surface area (Å²) < 4.78 is 0. The van der Waals surface area contributed by atoms with Gasteiger partial charge in [0.15, 0.2) is 5.82 Å². The van der Waals surface area contributed by atoms with Gasteiger partial charge in [-0.2, -0.15) is 4.80 Å². The Hall–Kier alpha value is -0.970. The van der Waals surface area contributed by atoms with Crippen LogP contribution in [0.5, 0.6) is 0 Å². The van der Waals surface area contributed by atoms with Crippen molar-refractivity contribution in [1.82, 2.24) is 20.2 Å². The van der Waals surface area contributed by atoms with E-state index in [1.54, 1.807) is 7.05 Å². The van der Waals surface area contributed by atoms with E-state index in [1.165, 1.54) is 4.80 Å². The highest BCUT2D eigenvalue weighted by Gasteiger charge is 2.47. The number of rotatable bonds is 3. The van der Waals surface area contributed by atoms with Crippen LogP contribution in [0, 0.1) is 5.41 Å². The molecule has 1 saturated carbocycles. The fourth-order valence-electron chi connectivity index (χ4n) is 1.61. The van der Waals surface area contributed by atoms with E-state index in [9.17, 15) is 5.11 Å². The third-order valence-electron chi connectivity index (χ3n) is 2.84. The molecule has 1 heterocycles. The molecule has 5 heteroatoms. The minimum absolute atomic E-state index is 0.0447. The molecule has 1 N–H and O–H groups in total. The van der Waals surface area contributed by atoms with Crippen LogP contribution in [0.1, 0.15) is 25.6 Å². The number of hydrogen-bond acceptors (Lipinski definition) is 4. The number of aromatic nitrogens is 4. The molecular weight excluding hydrogens is 168 g/mol. The van der Waals surface area contributed by atoms with Gasteiger partial charge in [0.2, 0.25) is 0 Å². The first-order chi connectivity index (χ1) is 6.12. The summed E-state index contributed by atoms with van der Waals surface area (Å²) in [7, 11) is 1.75. The molecule has 1 unspecified atom stereocenters. The molecule has 1 aromatic heterocycles. The summed E-state index contributed by atoms with van der Waals surface area (Å²) >= 11 is 0. The number of aryl methyl sites for hydroxylation is 1. The van der Waals surface area contributed by atoms with Crippen molar-refractivity contribution >= 4 is 0 Å². The van der Waals surface area contributed by atoms with Gasteiger partial charge in [-0.15, -0.1) is 10.2 Å². The summed E-state index contributed by atoms with van der Waals surface area (Å²) in [4.78, 5) is 1.45. The smallest absolute Gasteiger partial charge is 0.175 e. The van der Waals surface area contributed by atoms with Crippen molar-refractivity contribution in [3.8, 4) is 0 Å². The van der Waals surface area contributed by atoms with Crippen LogP contribution in [0.25, 0.3) is 0 Å². The summed E-state index contributed by atoms with van der Waals surface area (Å²) in [5, 5.41) is 21.3. The normalized spacial score (nSPS) is 21.5. The molecule has 0 saturated heterocycles. The van der Waals surface area contributed by atoms with Gasteiger partial charge in [-0.25, -0.2) is 0 Å². The second-order valence-corrected chi connectivity index (χ2v) is 3.91. The number of aliphatic hydroxyl groups excluding tert-OH is 1. The average molecular weight is 182 g/mol. The van der Waals surface area contributed by atoms with E-state index in [4.69, 9.17) is 0 Å². The molecule has 1 atom stereocenters. The Morgan fingerprint density at radius 2 is 2.31 bits per heavy atom. The highest BCUT2D eigenvalue weighted by Crippen LogP contribution is 2.50. The van der Waals surface area contributed by atoms with Crippen LogP contribution in [-0.4, -0.2) is 31.4 Å². The van der Waals surface area contributed by atoms with Crippen LogP contribution in [0.15, 0.2) is 0 Å². The maximum absolute atomic E-state index is 9.53. The van der Waals surface area contributed by atoms with Gasteiger partial charge in [0, 0.05) is 11.8 Å². The topological polar surface area (TPSA) is 63.8 Å². The molecule has 1 aliphatic carbocycles. The Labute approximate surface area is 76.8 Å². The van der Waals surface area contributed by atoms with Gasteiger partial charge in [0.05, 0.1) is 13.2 Å². The summed E-state index contributed by atoms with van der Waals surface area (Å²) in [5.74, 6) is 0.737. The maximum Gasteiger partial charge on any atom is 0.175 e. The predicted octanol–water partition coefficient (Wildman–Crippen LogP) is -0.0864. The molecule has 0 aromatic carbocycles. The summed E-state index contributed by atoms with van der Waals surface area (Å²) in [5.41, 5.74) is 0.0447. The van der Waals surface area contributed by atoms with Gasteiger partial charge in [-0.1, -0.05) is 0 Å². The average Bonchev–Trinajstić information content (AvgIpc) is 2.72. The number of tetrazole rings is 1. The molecule has 0 radical (unpaired) electrons. The Kier molecular flexibility index (Phi) is 1.83. The van der Waals surface area contributed by atoms with Crippen molar-refractivity contribution in [2.45, 2.75) is 32.3 Å². The van der Waals surface area contributed by atoms with Crippen LogP contribution >= 0.6 is 0 Å². The Morgan fingerprint density at radius 1 is 1.62 bits per heavy atom. The molecule has 0 spiro atoms. The van der Waals surface area contributed by atoms with Crippen LogP contribution in [-0.2, 0) is 13.5 Å². The van der Waals surface area contributed by atoms with Crippen molar-refractivity contribution in [3.63, 3.8) is 0 Å². The largest absolute Gasteiger partial charge is 0.393 e. The lowest BCUT2D eigenvalue weighted by atomic mass is 9.96. The lowest BCUT2D eigenvalue weighted by Gasteiger charge is -2.15. The van der Waals surface area contributed by atoms with Crippen molar-refractivity contribution < 1.29 is 5.11 Å². The molecule has 1 fully saturated rings. The first kappa shape index (κ1) is 8.62. The monoisotopic (exact) mass is 182 g/mol. The second-order valence-electron chi connectivity index (χ2n) is 3.91. The second kappa shape index (κ2) is 2.77. The van der Waals surface area contributed by atoms with Crippen LogP contribution in [0.2, 0.25) is 0 Å². The van der Waals surface area contributed by atoms with E-state index in [0.29, 0.717) is 0 Å². The van der Waals surface area contributed by atoms with Crippen LogP contribution < -0.4 is 0 Å². The Balaban J connectivity index is 2.06. The van der Waals surface area contributed by atoms with E-state index < -0.39 is 0 Å². The molecule has 0 aliphatic heterocycles. The fourth-order valence-corrected chi connectivity index (χ4v) is 1.61. The summed E-state index contributed by atoms with van der Waals surface area (Å²) in [6, 6.07) is 0. The van der Waals surface area contributed by atoms with Gasteiger partial charge >= 0.3 is 0 Å². The standard InChI is InChI=1S/C8H14N4O/c1-6(13)8(3-4-8)5-7-9-11-12(2)10-7/h6,13H,3-5H2,1-2H3. The highest BCUT2D eigenvalue weighted by atomic mass is 16.3. The molecular formula is C8H14N4O. The third-order valence-corrected chi connectivity index (χ3v) is 2.84. The first-order valence-electron chi connectivity index (χ1n) is 4.53. The minimum Gasteiger partial charge on any atom is -0.393 e. The fraction of sp³-hybridized carbons (Fsp3) is 0.875. The van der Waals surface area contributed by atoms with E-state index in [-0.39, 0.29) is 11.5 Å². The van der Waals surface area contributed by atoms with Crippen molar-refractivity contribution in [2.75, 3.05) is 0 Å². The summed E-state index contributed by atoms with van der Waals surface area (Å²) in [6.45, 7) is 1.84. The SMILES string of the molecule is CC(O)C1(Cc2nnn(C)n2)CC1. The van der Waals surface area contributed by atoms with E-state index in [2.05, 4.69) is 15.4 Å². The lowest BCUT2D eigenvalue weighted by molar-refractivity contribution is 0.109. The number of hydrogen-bond donors (Lipinski definition) is 1. The predicted molar refractivity (Wildman–Crippen MR) is 45.8 cm³/mol. The van der Waals surface area contributed by atoms with E-state index in [0.717, 1.165) is 25.1 Å². The third kappa shape index (κ3) is 1.56. The highest BCUT2D eigenvalue weighted by molar-refractivity contribution is 5.03. The van der Waals surface area contributed by atoms with E-state index >= 15 is 0 Å². The zero-order valence-electron chi connectivity index (χ0n) is 7.93. The molecule has 1 aromatic rings. The van der Waals surface area contributed by atoms with Crippen LogP contribution in [0.4, 0.5) is 0 Å². The maximum atomic E-state index is 9.53. The van der Waals surface area contributed by atoms with Crippen molar-refractivity contribution in [1.29, 1.82) is 0 Å². The van der Waals surface area contributed by atoms with Gasteiger partial charge in [0.25, 0.3) is 0 Å². The zero-order valence-corrected chi connectivity index (χ0v) is 7.93. The molecule has 2 rings (SSSR count). The Morgan fingerprint density at radius 3 is 2.69 bits per heavy atom. The number of aliphatic hydroxyl groups is 1. The van der Waals surface area contributed by atoms with E-state index in [1.807, 2.05) is 6.92 Å². The van der Waals surface area contributed by atoms with Crippen molar-refractivity contribution in [2.24, 2.45) is 12.5 Å². The van der Waals surface area contributed by atoms with Crippen LogP contribution in [0.3, 0.4) is 0 Å². The lowest BCUT2D eigenvalue weighted by Crippen LogP contribution is -2.21. The van der Waals surface area contributed by atoms with Crippen molar-refractivity contribution in [3.05, 3.63) is 5.82 Å². The minimum atomic E-state index is -0.267.